The first-order chi connectivity index (χ1) is 12.1. The highest BCUT2D eigenvalue weighted by atomic mass is 35.5. The number of aryl methyl sites for hydroxylation is 1. The quantitative estimate of drug-likeness (QED) is 0.688. The van der Waals surface area contributed by atoms with Gasteiger partial charge in [0.1, 0.15) is 5.75 Å². The normalized spacial score (nSPS) is 10.1. The summed E-state index contributed by atoms with van der Waals surface area (Å²) >= 11 is 0. The van der Waals surface area contributed by atoms with E-state index in [0.29, 0.717) is 12.2 Å². The van der Waals surface area contributed by atoms with Gasteiger partial charge >= 0.3 is 5.97 Å². The van der Waals surface area contributed by atoms with E-state index >= 15 is 0 Å². The summed E-state index contributed by atoms with van der Waals surface area (Å²) < 4.78 is 10.4. The summed E-state index contributed by atoms with van der Waals surface area (Å²) in [4.78, 5) is 16.6. The third kappa shape index (κ3) is 4.24. The van der Waals surface area contributed by atoms with E-state index in [2.05, 4.69) is 10.3 Å². The van der Waals surface area contributed by atoms with Crippen LogP contribution in [0.1, 0.15) is 23.0 Å². The summed E-state index contributed by atoms with van der Waals surface area (Å²) in [6, 6.07) is 15.0. The van der Waals surface area contributed by atoms with Crippen molar-refractivity contribution in [3.05, 3.63) is 59.8 Å². The molecule has 26 heavy (non-hydrogen) atoms. The molecule has 0 saturated heterocycles. The molecule has 1 N–H and O–H groups in total. The molecule has 0 atom stereocenters. The number of halogens is 1. The molecule has 0 bridgehead atoms. The highest BCUT2D eigenvalue weighted by Crippen LogP contribution is 2.29. The first-order valence-corrected chi connectivity index (χ1v) is 8.10. The fourth-order valence-corrected chi connectivity index (χ4v) is 2.66. The van der Waals surface area contributed by atoms with Crippen LogP contribution in [0.5, 0.6) is 5.75 Å². The molecule has 2 aromatic carbocycles. The van der Waals surface area contributed by atoms with Gasteiger partial charge in [0.05, 0.1) is 24.8 Å². The van der Waals surface area contributed by atoms with E-state index in [0.717, 1.165) is 33.7 Å². The Balaban J connectivity index is 0.00000243. The lowest BCUT2D eigenvalue weighted by Crippen LogP contribution is -3.00. The van der Waals surface area contributed by atoms with Gasteiger partial charge in [-0.25, -0.2) is 4.79 Å². The molecule has 0 aliphatic rings. The van der Waals surface area contributed by atoms with Gasteiger partial charge in [0.25, 0.3) is 0 Å². The minimum atomic E-state index is -0.336. The monoisotopic (exact) mass is 371 g/mol. The number of aromatic nitrogens is 1. The summed E-state index contributed by atoms with van der Waals surface area (Å²) in [6.45, 7) is 4.08. The second kappa shape index (κ2) is 8.54. The molecule has 1 heterocycles. The lowest BCUT2D eigenvalue weighted by Gasteiger charge is -2.12. The second-order valence-corrected chi connectivity index (χ2v) is 5.62. The summed E-state index contributed by atoms with van der Waals surface area (Å²) in [5.74, 6) is 0.435. The molecular formula is C20H20ClN2O3-. The number of pyridine rings is 1. The SMILES string of the molecule is CCOC(=O)c1ccc2nc(C)cc(Nc3cccc(OC)c3)c2c1.[Cl-]. The number of nitrogens with one attached hydrogen (secondary N) is 1. The largest absolute Gasteiger partial charge is 1.00 e. The van der Waals surface area contributed by atoms with Crippen LogP contribution in [0.4, 0.5) is 11.4 Å². The number of hydrogen-bond acceptors (Lipinski definition) is 5. The van der Waals surface area contributed by atoms with Crippen LogP contribution in [0, 0.1) is 6.92 Å². The van der Waals surface area contributed by atoms with E-state index in [4.69, 9.17) is 9.47 Å². The number of esters is 1. The number of hydrogen-bond donors (Lipinski definition) is 1. The number of nitrogens with zero attached hydrogens (tertiary/aromatic N) is 1. The molecule has 6 heteroatoms. The molecule has 0 saturated carbocycles. The van der Waals surface area contributed by atoms with E-state index in [1.807, 2.05) is 49.4 Å². The van der Waals surface area contributed by atoms with Gasteiger partial charge in [-0.3, -0.25) is 4.98 Å². The lowest BCUT2D eigenvalue weighted by atomic mass is 10.1. The minimum absolute atomic E-state index is 0. The van der Waals surface area contributed by atoms with Gasteiger partial charge in [0, 0.05) is 28.5 Å². The number of fused-ring (bicyclic) bond motifs is 1. The zero-order valence-electron chi connectivity index (χ0n) is 14.9. The van der Waals surface area contributed by atoms with E-state index in [1.165, 1.54) is 0 Å². The third-order valence-electron chi connectivity index (χ3n) is 3.80. The van der Waals surface area contributed by atoms with E-state index in [9.17, 15) is 4.79 Å². The highest BCUT2D eigenvalue weighted by molar-refractivity contribution is 5.99. The van der Waals surface area contributed by atoms with Crippen molar-refractivity contribution in [2.45, 2.75) is 13.8 Å². The van der Waals surface area contributed by atoms with Gasteiger partial charge in [0.2, 0.25) is 0 Å². The zero-order valence-corrected chi connectivity index (χ0v) is 15.6. The number of benzene rings is 2. The van der Waals surface area contributed by atoms with Crippen molar-refractivity contribution in [2.75, 3.05) is 19.0 Å². The average Bonchev–Trinajstić information content (AvgIpc) is 2.61. The molecule has 0 aliphatic heterocycles. The van der Waals surface area contributed by atoms with Crippen LogP contribution in [0.15, 0.2) is 48.5 Å². The highest BCUT2D eigenvalue weighted by Gasteiger charge is 2.11. The maximum atomic E-state index is 12.0. The summed E-state index contributed by atoms with van der Waals surface area (Å²) in [7, 11) is 1.64. The van der Waals surface area contributed by atoms with Gasteiger partial charge in [-0.05, 0) is 50.2 Å². The number of anilines is 2. The Morgan fingerprint density at radius 1 is 1.15 bits per heavy atom. The van der Waals surface area contributed by atoms with Crippen LogP contribution in [0.3, 0.4) is 0 Å². The molecule has 5 nitrogen and oxygen atoms in total. The maximum Gasteiger partial charge on any atom is 0.338 e. The molecule has 136 valence electrons. The Labute approximate surface area is 158 Å². The number of ether oxygens (including phenoxy) is 2. The number of methoxy groups -OCH3 is 1. The molecule has 1 aromatic heterocycles. The van der Waals surface area contributed by atoms with Crippen molar-refractivity contribution < 1.29 is 26.7 Å². The zero-order chi connectivity index (χ0) is 17.8. The molecule has 0 amide bonds. The van der Waals surface area contributed by atoms with Gasteiger partial charge in [-0.15, -0.1) is 0 Å². The fourth-order valence-electron chi connectivity index (χ4n) is 2.66. The maximum absolute atomic E-state index is 12.0. The molecule has 3 rings (SSSR count). The van der Waals surface area contributed by atoms with Crippen LogP contribution >= 0.6 is 0 Å². The van der Waals surface area contributed by atoms with E-state index in [1.54, 1.807) is 20.1 Å². The second-order valence-electron chi connectivity index (χ2n) is 5.62. The Kier molecular flexibility index (Phi) is 6.41. The van der Waals surface area contributed by atoms with E-state index < -0.39 is 0 Å². The minimum Gasteiger partial charge on any atom is -1.00 e. The molecule has 0 unspecified atom stereocenters. The summed E-state index contributed by atoms with van der Waals surface area (Å²) in [5.41, 5.74) is 3.99. The predicted molar refractivity (Wildman–Crippen MR) is 98.7 cm³/mol. The number of carbonyl (C=O) groups is 1. The van der Waals surface area contributed by atoms with Crippen LogP contribution in [0.25, 0.3) is 10.9 Å². The topological polar surface area (TPSA) is 60.5 Å². The summed E-state index contributed by atoms with van der Waals surface area (Å²) in [5, 5.41) is 4.25. The molecule has 0 spiro atoms. The van der Waals surface area contributed by atoms with Crippen molar-refractivity contribution in [1.82, 2.24) is 4.98 Å². The van der Waals surface area contributed by atoms with Crippen molar-refractivity contribution in [1.29, 1.82) is 0 Å². The molecular weight excluding hydrogens is 352 g/mol. The molecule has 0 radical (unpaired) electrons. The molecule has 3 aromatic rings. The Morgan fingerprint density at radius 3 is 2.69 bits per heavy atom. The standard InChI is InChI=1S/C20H20N2O3.ClH/c1-4-25-20(23)14-8-9-18-17(11-14)19(10-13(2)21-18)22-15-6-5-7-16(12-15)24-3;/h5-12H,4H2,1-3H3,(H,21,22);1H/p-1. The number of carbonyl (C=O) groups excluding carboxylic acids is 1. The van der Waals surface area contributed by atoms with Crippen molar-refractivity contribution in [3.8, 4) is 5.75 Å². The smallest absolute Gasteiger partial charge is 0.338 e. The predicted octanol–water partition coefficient (Wildman–Crippen LogP) is 1.48. The Bertz CT molecular complexity index is 928. The number of rotatable bonds is 5. The summed E-state index contributed by atoms with van der Waals surface area (Å²) in [6.07, 6.45) is 0. The van der Waals surface area contributed by atoms with Crippen LogP contribution < -0.4 is 22.5 Å². The average molecular weight is 372 g/mol. The van der Waals surface area contributed by atoms with Gasteiger partial charge < -0.3 is 27.2 Å². The van der Waals surface area contributed by atoms with Gasteiger partial charge in [-0.1, -0.05) is 6.07 Å². The first kappa shape index (κ1) is 19.5. The van der Waals surface area contributed by atoms with Crippen molar-refractivity contribution in [3.63, 3.8) is 0 Å². The van der Waals surface area contributed by atoms with E-state index in [-0.39, 0.29) is 18.4 Å². The molecule has 0 aliphatic carbocycles. The Morgan fingerprint density at radius 2 is 1.96 bits per heavy atom. The van der Waals surface area contributed by atoms with Crippen LogP contribution in [-0.2, 0) is 4.74 Å². The lowest BCUT2D eigenvalue weighted by molar-refractivity contribution is -0.0000234. The van der Waals surface area contributed by atoms with Crippen LogP contribution in [0.2, 0.25) is 0 Å². The van der Waals surface area contributed by atoms with Crippen molar-refractivity contribution in [2.24, 2.45) is 0 Å². The first-order valence-electron chi connectivity index (χ1n) is 8.10. The molecule has 0 fully saturated rings. The van der Waals surface area contributed by atoms with Crippen LogP contribution in [-0.4, -0.2) is 24.7 Å². The van der Waals surface area contributed by atoms with Crippen molar-refractivity contribution >= 4 is 28.2 Å². The van der Waals surface area contributed by atoms with Gasteiger partial charge in [0.15, 0.2) is 0 Å². The Hall–Kier alpha value is -2.79. The van der Waals surface area contributed by atoms with Gasteiger partial charge in [-0.2, -0.15) is 0 Å². The third-order valence-corrected chi connectivity index (χ3v) is 3.80. The fraction of sp³-hybridized carbons (Fsp3) is 0.200.